The number of carbonyl (C=O) groups is 1. The second-order valence-electron chi connectivity index (χ2n) is 3.65. The van der Waals surface area contributed by atoms with Crippen molar-refractivity contribution in [2.75, 3.05) is 5.32 Å². The van der Waals surface area contributed by atoms with Gasteiger partial charge in [-0.2, -0.15) is 0 Å². The topological polar surface area (TPSA) is 49.3 Å². The minimum Gasteiger partial charge on any atom is -0.392 e. The van der Waals surface area contributed by atoms with Crippen molar-refractivity contribution in [3.63, 3.8) is 0 Å². The van der Waals surface area contributed by atoms with Gasteiger partial charge in [0.05, 0.1) is 6.61 Å². The van der Waals surface area contributed by atoms with Crippen LogP contribution in [-0.2, 0) is 11.4 Å². The summed E-state index contributed by atoms with van der Waals surface area (Å²) in [5.74, 6) is 0.0665. The van der Waals surface area contributed by atoms with E-state index >= 15 is 0 Å². The molecule has 15 heavy (non-hydrogen) atoms. The zero-order valence-corrected chi connectivity index (χ0v) is 9.16. The lowest BCUT2D eigenvalue weighted by molar-refractivity contribution is -0.119. The molecule has 3 heteroatoms. The molecule has 0 saturated carbocycles. The Kier molecular flexibility index (Phi) is 4.31. The summed E-state index contributed by atoms with van der Waals surface area (Å²) in [6.07, 6.45) is 0.834. The number of aliphatic hydroxyl groups excluding tert-OH is 1. The first-order chi connectivity index (χ1) is 7.17. The van der Waals surface area contributed by atoms with Gasteiger partial charge in [-0.3, -0.25) is 4.79 Å². The normalized spacial score (nSPS) is 12.2. The predicted octanol–water partition coefficient (Wildman–Crippen LogP) is 2.16. The summed E-state index contributed by atoms with van der Waals surface area (Å²) in [5, 5.41) is 11.7. The molecule has 0 radical (unpaired) electrons. The summed E-state index contributed by atoms with van der Waals surface area (Å²) in [6.45, 7) is 3.91. The van der Waals surface area contributed by atoms with E-state index in [0.29, 0.717) is 0 Å². The first kappa shape index (κ1) is 11.7. The maximum Gasteiger partial charge on any atom is 0.227 e. The molecule has 82 valence electrons. The molecule has 2 N–H and O–H groups in total. The van der Waals surface area contributed by atoms with Crippen LogP contribution in [0.2, 0.25) is 0 Å². The van der Waals surface area contributed by atoms with Crippen LogP contribution in [0.5, 0.6) is 0 Å². The fourth-order valence-electron chi connectivity index (χ4n) is 1.14. The summed E-state index contributed by atoms with van der Waals surface area (Å²) >= 11 is 0. The van der Waals surface area contributed by atoms with Gasteiger partial charge < -0.3 is 10.4 Å². The molecule has 1 amide bonds. The minimum atomic E-state index is 0.0274. The minimum absolute atomic E-state index is 0.0274. The third-order valence-electron chi connectivity index (χ3n) is 2.46. The van der Waals surface area contributed by atoms with Gasteiger partial charge in [0, 0.05) is 11.6 Å². The Hall–Kier alpha value is -1.35. The monoisotopic (exact) mass is 207 g/mol. The van der Waals surface area contributed by atoms with Crippen molar-refractivity contribution in [1.29, 1.82) is 0 Å². The van der Waals surface area contributed by atoms with E-state index in [1.807, 2.05) is 13.8 Å². The highest BCUT2D eigenvalue weighted by Crippen LogP contribution is 2.11. The van der Waals surface area contributed by atoms with Crippen molar-refractivity contribution < 1.29 is 9.90 Å². The number of hydrogen-bond acceptors (Lipinski definition) is 2. The lowest BCUT2D eigenvalue weighted by Gasteiger charge is -2.10. The van der Waals surface area contributed by atoms with Gasteiger partial charge in [0.1, 0.15) is 0 Å². The van der Waals surface area contributed by atoms with Gasteiger partial charge in [-0.25, -0.2) is 0 Å². The molecule has 0 heterocycles. The standard InChI is InChI=1S/C12H17NO2/c1-3-9(2)12(15)13-11-6-4-10(8-14)5-7-11/h4-7,9,14H,3,8H2,1-2H3,(H,13,15). The molecule has 0 bridgehead atoms. The lowest BCUT2D eigenvalue weighted by atomic mass is 10.1. The van der Waals surface area contributed by atoms with Crippen LogP contribution in [0, 0.1) is 5.92 Å². The van der Waals surface area contributed by atoms with Gasteiger partial charge in [-0.15, -0.1) is 0 Å². The highest BCUT2D eigenvalue weighted by molar-refractivity contribution is 5.92. The number of nitrogens with one attached hydrogen (secondary N) is 1. The molecule has 1 aromatic rings. The Bertz CT molecular complexity index is 319. The van der Waals surface area contributed by atoms with Crippen molar-refractivity contribution in [1.82, 2.24) is 0 Å². The Morgan fingerprint density at radius 3 is 2.47 bits per heavy atom. The Labute approximate surface area is 90.1 Å². The average Bonchev–Trinajstić information content (AvgIpc) is 2.29. The lowest BCUT2D eigenvalue weighted by Crippen LogP contribution is -2.19. The van der Waals surface area contributed by atoms with E-state index in [1.165, 1.54) is 0 Å². The molecule has 0 fully saturated rings. The highest BCUT2D eigenvalue weighted by atomic mass is 16.3. The average molecular weight is 207 g/mol. The molecule has 0 aromatic heterocycles. The zero-order chi connectivity index (χ0) is 11.3. The van der Waals surface area contributed by atoms with Gasteiger partial charge >= 0.3 is 0 Å². The van der Waals surface area contributed by atoms with Crippen LogP contribution >= 0.6 is 0 Å². The van der Waals surface area contributed by atoms with E-state index in [9.17, 15) is 4.79 Å². The predicted molar refractivity (Wildman–Crippen MR) is 60.4 cm³/mol. The largest absolute Gasteiger partial charge is 0.392 e. The molecule has 0 aliphatic carbocycles. The summed E-state index contributed by atoms with van der Waals surface area (Å²) < 4.78 is 0. The molecule has 0 aliphatic heterocycles. The van der Waals surface area contributed by atoms with Gasteiger partial charge in [0.15, 0.2) is 0 Å². The molecule has 0 saturated heterocycles. The molecule has 1 atom stereocenters. The van der Waals surface area contributed by atoms with Crippen LogP contribution in [-0.4, -0.2) is 11.0 Å². The number of anilines is 1. The Morgan fingerprint density at radius 1 is 1.40 bits per heavy atom. The van der Waals surface area contributed by atoms with E-state index in [1.54, 1.807) is 24.3 Å². The third-order valence-corrected chi connectivity index (χ3v) is 2.46. The second kappa shape index (κ2) is 5.51. The molecule has 0 aliphatic rings. The van der Waals surface area contributed by atoms with Gasteiger partial charge in [-0.05, 0) is 24.1 Å². The summed E-state index contributed by atoms with van der Waals surface area (Å²) in [4.78, 5) is 11.5. The zero-order valence-electron chi connectivity index (χ0n) is 9.16. The fraction of sp³-hybridized carbons (Fsp3) is 0.417. The number of carbonyl (C=O) groups excluding carboxylic acids is 1. The molecule has 1 rings (SSSR count). The van der Waals surface area contributed by atoms with Crippen molar-refractivity contribution in [3.8, 4) is 0 Å². The number of rotatable bonds is 4. The molecular weight excluding hydrogens is 190 g/mol. The third kappa shape index (κ3) is 3.36. The second-order valence-corrected chi connectivity index (χ2v) is 3.65. The van der Waals surface area contributed by atoms with Crippen LogP contribution in [0.4, 0.5) is 5.69 Å². The van der Waals surface area contributed by atoms with Crippen LogP contribution in [0.25, 0.3) is 0 Å². The SMILES string of the molecule is CCC(C)C(=O)Nc1ccc(CO)cc1. The summed E-state index contributed by atoms with van der Waals surface area (Å²) in [7, 11) is 0. The van der Waals surface area contributed by atoms with E-state index in [0.717, 1.165) is 17.7 Å². The quantitative estimate of drug-likeness (QED) is 0.794. The van der Waals surface area contributed by atoms with Crippen LogP contribution in [0.15, 0.2) is 24.3 Å². The Balaban J connectivity index is 2.61. The van der Waals surface area contributed by atoms with Gasteiger partial charge in [-0.1, -0.05) is 26.0 Å². The van der Waals surface area contributed by atoms with Crippen molar-refractivity contribution in [3.05, 3.63) is 29.8 Å². The number of benzene rings is 1. The molecule has 0 spiro atoms. The van der Waals surface area contributed by atoms with E-state index in [4.69, 9.17) is 5.11 Å². The first-order valence-electron chi connectivity index (χ1n) is 5.18. The van der Waals surface area contributed by atoms with E-state index in [-0.39, 0.29) is 18.4 Å². The van der Waals surface area contributed by atoms with Gasteiger partial charge in [0.25, 0.3) is 0 Å². The highest BCUT2D eigenvalue weighted by Gasteiger charge is 2.09. The molecular formula is C12H17NO2. The maximum absolute atomic E-state index is 11.5. The van der Waals surface area contributed by atoms with Gasteiger partial charge in [0.2, 0.25) is 5.91 Å². The van der Waals surface area contributed by atoms with Crippen molar-refractivity contribution in [2.24, 2.45) is 5.92 Å². The van der Waals surface area contributed by atoms with E-state index in [2.05, 4.69) is 5.32 Å². The van der Waals surface area contributed by atoms with Crippen molar-refractivity contribution in [2.45, 2.75) is 26.9 Å². The van der Waals surface area contributed by atoms with Crippen LogP contribution in [0.1, 0.15) is 25.8 Å². The summed E-state index contributed by atoms with van der Waals surface area (Å²) in [5.41, 5.74) is 1.62. The molecule has 1 unspecified atom stereocenters. The molecule has 3 nitrogen and oxygen atoms in total. The number of amides is 1. The molecule has 1 aromatic carbocycles. The number of aliphatic hydroxyl groups is 1. The Morgan fingerprint density at radius 2 is 2.00 bits per heavy atom. The fourth-order valence-corrected chi connectivity index (χ4v) is 1.14. The van der Waals surface area contributed by atoms with E-state index < -0.39 is 0 Å². The first-order valence-corrected chi connectivity index (χ1v) is 5.18. The maximum atomic E-state index is 11.5. The summed E-state index contributed by atoms with van der Waals surface area (Å²) in [6, 6.07) is 7.19. The van der Waals surface area contributed by atoms with Crippen LogP contribution in [0.3, 0.4) is 0 Å². The van der Waals surface area contributed by atoms with Crippen molar-refractivity contribution >= 4 is 11.6 Å². The smallest absolute Gasteiger partial charge is 0.227 e. The number of hydrogen-bond donors (Lipinski definition) is 2. The van der Waals surface area contributed by atoms with Crippen LogP contribution < -0.4 is 5.32 Å².